The predicted octanol–water partition coefficient (Wildman–Crippen LogP) is 6.65. The number of halogens is 2. The van der Waals surface area contributed by atoms with E-state index in [1.807, 2.05) is 50.5 Å². The number of amides is 1. The van der Waals surface area contributed by atoms with Crippen LogP contribution in [0.1, 0.15) is 26.4 Å². The first-order valence-electron chi connectivity index (χ1n) is 13.0. The maximum atomic E-state index is 13.4. The van der Waals surface area contributed by atoms with Crippen LogP contribution in [0, 0.1) is 17.7 Å². The molecule has 0 atom stereocenters. The van der Waals surface area contributed by atoms with Gasteiger partial charge in [0, 0.05) is 17.8 Å². The molecule has 3 aromatic carbocycles. The van der Waals surface area contributed by atoms with Gasteiger partial charge in [0.25, 0.3) is 5.91 Å². The van der Waals surface area contributed by atoms with Crippen LogP contribution < -0.4 is 15.4 Å². The van der Waals surface area contributed by atoms with Crippen LogP contribution in [0.3, 0.4) is 0 Å². The average molecular weight is 600 g/mol. The summed E-state index contributed by atoms with van der Waals surface area (Å²) in [7, 11) is 4.01. The summed E-state index contributed by atoms with van der Waals surface area (Å²) >= 11 is 7.91. The van der Waals surface area contributed by atoms with Crippen LogP contribution in [-0.4, -0.2) is 41.4 Å². The van der Waals surface area contributed by atoms with E-state index >= 15 is 0 Å². The SMILES string of the molecule is CN(C)Cc1ccc(C(=O)NCC#Cc2cc3ncnc(Nc4ccc(OCc5cccc(F)c5)c(Cl)c4)c3s2)cc1. The summed E-state index contributed by atoms with van der Waals surface area (Å²) in [6, 6.07) is 21.0. The van der Waals surface area contributed by atoms with Crippen LogP contribution in [0.4, 0.5) is 15.9 Å². The minimum Gasteiger partial charge on any atom is -0.487 e. The van der Waals surface area contributed by atoms with Crippen molar-refractivity contribution in [1.29, 1.82) is 0 Å². The lowest BCUT2D eigenvalue weighted by molar-refractivity contribution is 0.0958. The Balaban J connectivity index is 1.20. The number of fused-ring (bicyclic) bond motifs is 1. The molecule has 2 N–H and O–H groups in total. The first-order chi connectivity index (χ1) is 20.3. The fourth-order valence-corrected chi connectivity index (χ4v) is 5.28. The molecule has 0 unspecified atom stereocenters. The number of anilines is 2. The van der Waals surface area contributed by atoms with Gasteiger partial charge in [-0.3, -0.25) is 4.79 Å². The third-order valence-electron chi connectivity index (χ3n) is 6.05. The Morgan fingerprint density at radius 1 is 1.05 bits per heavy atom. The van der Waals surface area contributed by atoms with Crippen molar-refractivity contribution < 1.29 is 13.9 Å². The summed E-state index contributed by atoms with van der Waals surface area (Å²) in [5.74, 6) is 6.74. The normalized spacial score (nSPS) is 10.8. The molecule has 5 rings (SSSR count). The number of nitrogens with one attached hydrogen (secondary N) is 2. The van der Waals surface area contributed by atoms with E-state index in [1.165, 1.54) is 29.8 Å². The highest BCUT2D eigenvalue weighted by molar-refractivity contribution is 7.20. The van der Waals surface area contributed by atoms with Gasteiger partial charge in [-0.25, -0.2) is 14.4 Å². The van der Waals surface area contributed by atoms with Gasteiger partial charge >= 0.3 is 0 Å². The molecule has 10 heteroatoms. The van der Waals surface area contributed by atoms with Gasteiger partial charge < -0.3 is 20.3 Å². The second kappa shape index (κ2) is 13.4. The number of benzene rings is 3. The molecule has 212 valence electrons. The summed E-state index contributed by atoms with van der Waals surface area (Å²) < 4.78 is 20.0. The Kier molecular flexibility index (Phi) is 9.29. The molecule has 5 aromatic rings. The molecule has 0 spiro atoms. The third kappa shape index (κ3) is 7.62. The van der Waals surface area contributed by atoms with Gasteiger partial charge in [-0.2, -0.15) is 0 Å². The highest BCUT2D eigenvalue weighted by Crippen LogP contribution is 2.33. The Hall–Kier alpha value is -4.49. The molecule has 0 aliphatic heterocycles. The molecule has 0 saturated heterocycles. The Bertz CT molecular complexity index is 1780. The van der Waals surface area contributed by atoms with E-state index in [0.717, 1.165) is 32.9 Å². The number of rotatable bonds is 9. The average Bonchev–Trinajstić information content (AvgIpc) is 3.39. The summed E-state index contributed by atoms with van der Waals surface area (Å²) in [5.41, 5.74) is 3.92. The van der Waals surface area contributed by atoms with E-state index in [4.69, 9.17) is 16.3 Å². The van der Waals surface area contributed by atoms with E-state index in [1.54, 1.807) is 24.3 Å². The molecular formula is C32H27ClFN5O2S. The number of carbonyl (C=O) groups is 1. The lowest BCUT2D eigenvalue weighted by Crippen LogP contribution is -2.23. The quantitative estimate of drug-likeness (QED) is 0.185. The van der Waals surface area contributed by atoms with E-state index in [0.29, 0.717) is 27.7 Å². The Morgan fingerprint density at radius 2 is 1.88 bits per heavy atom. The third-order valence-corrected chi connectivity index (χ3v) is 7.39. The van der Waals surface area contributed by atoms with Crippen LogP contribution in [0.2, 0.25) is 5.02 Å². The molecule has 0 radical (unpaired) electrons. The van der Waals surface area contributed by atoms with E-state index in [2.05, 4.69) is 37.3 Å². The monoisotopic (exact) mass is 599 g/mol. The van der Waals surface area contributed by atoms with E-state index in [-0.39, 0.29) is 24.9 Å². The maximum absolute atomic E-state index is 13.4. The summed E-state index contributed by atoms with van der Waals surface area (Å²) in [4.78, 5) is 24.1. The predicted molar refractivity (Wildman–Crippen MR) is 166 cm³/mol. The Morgan fingerprint density at radius 3 is 2.64 bits per heavy atom. The molecule has 2 aromatic heterocycles. The van der Waals surface area contributed by atoms with Gasteiger partial charge in [0.2, 0.25) is 0 Å². The first kappa shape index (κ1) is 29.0. The van der Waals surface area contributed by atoms with E-state index < -0.39 is 0 Å². The number of hydrogen-bond acceptors (Lipinski definition) is 7. The Labute approximate surface area is 252 Å². The van der Waals surface area contributed by atoms with E-state index in [9.17, 15) is 9.18 Å². The standard InChI is InChI=1S/C32H27ClFN5O2S/c1-39(2)18-21-8-10-23(11-9-21)32(40)35-14-4-7-26-17-28-30(42-26)31(37-20-36-28)38-25-12-13-29(27(33)16-25)41-19-22-5-3-6-24(34)15-22/h3,5-6,8-13,15-17,20H,14,18-19H2,1-2H3,(H,35,40)(H,36,37,38). The maximum Gasteiger partial charge on any atom is 0.252 e. The molecule has 42 heavy (non-hydrogen) atoms. The lowest BCUT2D eigenvalue weighted by atomic mass is 10.1. The van der Waals surface area contributed by atoms with Gasteiger partial charge in [0.05, 0.1) is 26.7 Å². The zero-order chi connectivity index (χ0) is 29.5. The first-order valence-corrected chi connectivity index (χ1v) is 14.2. The van der Waals surface area contributed by atoms with Crippen molar-refractivity contribution in [2.75, 3.05) is 26.0 Å². The van der Waals surface area contributed by atoms with Crippen molar-refractivity contribution in [1.82, 2.24) is 20.2 Å². The fraction of sp³-hybridized carbons (Fsp3) is 0.156. The van der Waals surface area contributed by atoms with Crippen molar-refractivity contribution in [3.8, 4) is 17.6 Å². The van der Waals surface area contributed by atoms with Crippen LogP contribution in [-0.2, 0) is 13.2 Å². The zero-order valence-corrected chi connectivity index (χ0v) is 24.5. The van der Waals surface area contributed by atoms with Crippen molar-refractivity contribution >= 4 is 50.6 Å². The summed E-state index contributed by atoms with van der Waals surface area (Å²) in [5, 5.41) is 6.53. The topological polar surface area (TPSA) is 79.4 Å². The summed E-state index contributed by atoms with van der Waals surface area (Å²) in [6.07, 6.45) is 1.48. The molecule has 2 heterocycles. The van der Waals surface area contributed by atoms with Crippen molar-refractivity contribution in [2.45, 2.75) is 13.2 Å². The van der Waals surface area contributed by atoms with Gasteiger partial charge in [0.1, 0.15) is 24.5 Å². The minimum absolute atomic E-state index is 0.168. The molecular weight excluding hydrogens is 573 g/mol. The van der Waals surface area contributed by atoms with Crippen molar-refractivity contribution in [3.05, 3.63) is 112 Å². The zero-order valence-electron chi connectivity index (χ0n) is 22.9. The molecule has 7 nitrogen and oxygen atoms in total. The molecule has 0 fully saturated rings. The number of aromatic nitrogens is 2. The summed E-state index contributed by atoms with van der Waals surface area (Å²) in [6.45, 7) is 1.23. The minimum atomic E-state index is -0.315. The van der Waals surface area contributed by atoms with Gasteiger partial charge in [-0.15, -0.1) is 11.3 Å². The number of thiophene rings is 1. The van der Waals surface area contributed by atoms with Crippen molar-refractivity contribution in [2.24, 2.45) is 0 Å². The smallest absolute Gasteiger partial charge is 0.252 e. The molecule has 0 aliphatic carbocycles. The second-order valence-corrected chi connectivity index (χ2v) is 11.1. The number of carbonyl (C=O) groups excluding carboxylic acids is 1. The number of ether oxygens (including phenoxy) is 1. The highest BCUT2D eigenvalue weighted by atomic mass is 35.5. The largest absolute Gasteiger partial charge is 0.487 e. The van der Waals surface area contributed by atoms with Crippen molar-refractivity contribution in [3.63, 3.8) is 0 Å². The molecule has 0 bridgehead atoms. The molecule has 0 saturated carbocycles. The van der Waals surface area contributed by atoms with Crippen LogP contribution >= 0.6 is 22.9 Å². The van der Waals surface area contributed by atoms with Crippen LogP contribution in [0.25, 0.3) is 10.2 Å². The van der Waals surface area contributed by atoms with Crippen LogP contribution in [0.5, 0.6) is 5.75 Å². The highest BCUT2D eigenvalue weighted by Gasteiger charge is 2.11. The molecule has 1 amide bonds. The lowest BCUT2D eigenvalue weighted by Gasteiger charge is -2.11. The molecule has 0 aliphatic rings. The van der Waals surface area contributed by atoms with Gasteiger partial charge in [-0.05, 0) is 73.8 Å². The van der Waals surface area contributed by atoms with Gasteiger partial charge in [-0.1, -0.05) is 47.7 Å². The second-order valence-electron chi connectivity index (χ2n) is 9.66. The number of hydrogen-bond donors (Lipinski definition) is 2. The van der Waals surface area contributed by atoms with Crippen LogP contribution in [0.15, 0.2) is 79.1 Å². The fourth-order valence-electron chi connectivity index (χ4n) is 4.11. The number of nitrogens with zero attached hydrogens (tertiary/aromatic N) is 3. The van der Waals surface area contributed by atoms with Gasteiger partial charge in [0.15, 0.2) is 5.82 Å².